The molecular weight excluding hydrogens is 238 g/mol. The van der Waals surface area contributed by atoms with Gasteiger partial charge in [-0.1, -0.05) is 31.4 Å². The summed E-state index contributed by atoms with van der Waals surface area (Å²) < 4.78 is 0. The zero-order valence-corrected chi connectivity index (χ0v) is 10.9. The lowest BCUT2D eigenvalue weighted by atomic mass is 10.0. The first kappa shape index (κ1) is 12.3. The highest BCUT2D eigenvalue weighted by Crippen LogP contribution is 2.19. The molecule has 0 bridgehead atoms. The van der Waals surface area contributed by atoms with Gasteiger partial charge in [0.15, 0.2) is 0 Å². The summed E-state index contributed by atoms with van der Waals surface area (Å²) in [5.41, 5.74) is 7.88. The van der Waals surface area contributed by atoms with E-state index in [1.54, 1.807) is 0 Å². The van der Waals surface area contributed by atoms with Crippen LogP contribution in [0.1, 0.15) is 32.1 Å². The Morgan fingerprint density at radius 2 is 1.79 bits per heavy atom. The molecule has 1 aromatic heterocycles. The molecule has 0 saturated heterocycles. The van der Waals surface area contributed by atoms with E-state index in [0.717, 1.165) is 23.9 Å². The fraction of sp³-hybridized carbons (Fsp3) is 0.500. The maximum Gasteiger partial charge on any atom is 0.243 e. The summed E-state index contributed by atoms with van der Waals surface area (Å²) in [6.07, 6.45) is 5.85. The normalized spacial score (nSPS) is 24.1. The molecular formula is C14H19N5. The second kappa shape index (κ2) is 5.48. The molecule has 0 radical (unpaired) electrons. The lowest BCUT2D eigenvalue weighted by Crippen LogP contribution is -2.39. The quantitative estimate of drug-likeness (QED) is 0.806. The molecule has 1 aromatic carbocycles. The Labute approximate surface area is 112 Å². The van der Waals surface area contributed by atoms with Gasteiger partial charge in [-0.15, -0.1) is 10.2 Å². The van der Waals surface area contributed by atoms with Crippen LogP contribution in [0.4, 0.5) is 5.95 Å². The first-order valence-corrected chi connectivity index (χ1v) is 6.94. The van der Waals surface area contributed by atoms with Crippen LogP contribution in [0, 0.1) is 0 Å². The Bertz CT molecular complexity index is 556. The number of nitrogens with zero attached hydrogens (tertiary/aromatic N) is 3. The molecule has 3 N–H and O–H groups in total. The summed E-state index contributed by atoms with van der Waals surface area (Å²) >= 11 is 0. The fourth-order valence-electron chi connectivity index (χ4n) is 2.62. The average Bonchev–Trinajstić information content (AvgIpc) is 2.64. The molecule has 0 spiro atoms. The van der Waals surface area contributed by atoms with Crippen LogP contribution >= 0.6 is 0 Å². The van der Waals surface area contributed by atoms with Crippen molar-refractivity contribution in [3.63, 3.8) is 0 Å². The lowest BCUT2D eigenvalue weighted by molar-refractivity contribution is 0.525. The second-order valence-corrected chi connectivity index (χ2v) is 5.18. The molecule has 2 aromatic rings. The summed E-state index contributed by atoms with van der Waals surface area (Å²) in [6.45, 7) is 0. The van der Waals surface area contributed by atoms with Gasteiger partial charge in [0.1, 0.15) is 5.52 Å². The van der Waals surface area contributed by atoms with Gasteiger partial charge < -0.3 is 11.1 Å². The van der Waals surface area contributed by atoms with Gasteiger partial charge in [-0.05, 0) is 25.0 Å². The van der Waals surface area contributed by atoms with Crippen molar-refractivity contribution >= 4 is 17.0 Å². The Morgan fingerprint density at radius 1 is 1.00 bits per heavy atom. The predicted molar refractivity (Wildman–Crippen MR) is 75.8 cm³/mol. The van der Waals surface area contributed by atoms with Gasteiger partial charge in [0.2, 0.25) is 5.95 Å². The van der Waals surface area contributed by atoms with Crippen molar-refractivity contribution < 1.29 is 0 Å². The lowest BCUT2D eigenvalue weighted by Gasteiger charge is -2.22. The third kappa shape index (κ3) is 2.81. The number of benzene rings is 1. The molecule has 0 aliphatic heterocycles. The van der Waals surface area contributed by atoms with Crippen LogP contribution in [-0.4, -0.2) is 27.3 Å². The minimum absolute atomic E-state index is 0.178. The Balaban J connectivity index is 1.80. The molecule has 0 amide bonds. The highest BCUT2D eigenvalue weighted by atomic mass is 15.2. The minimum Gasteiger partial charge on any atom is -0.349 e. The van der Waals surface area contributed by atoms with Crippen LogP contribution < -0.4 is 11.1 Å². The predicted octanol–water partition coefficient (Wildman–Crippen LogP) is 2.10. The largest absolute Gasteiger partial charge is 0.349 e. The number of para-hydroxylation sites is 1. The van der Waals surface area contributed by atoms with E-state index in [2.05, 4.69) is 20.5 Å². The van der Waals surface area contributed by atoms with E-state index in [4.69, 9.17) is 5.73 Å². The first-order valence-electron chi connectivity index (χ1n) is 6.94. The van der Waals surface area contributed by atoms with E-state index < -0.39 is 0 Å². The zero-order valence-electron chi connectivity index (χ0n) is 10.9. The van der Waals surface area contributed by atoms with Crippen LogP contribution in [0.2, 0.25) is 0 Å². The number of hydrogen-bond donors (Lipinski definition) is 2. The number of rotatable bonds is 2. The molecule has 5 heteroatoms. The standard InChI is InChI=1S/C14H19N5/c15-10-6-2-1-3-7-11(10)16-14-17-12-8-4-5-9-13(12)18-19-14/h4-5,8-11H,1-3,6-7,15H2,(H,16,17,19). The molecule has 1 fully saturated rings. The number of nitrogens with one attached hydrogen (secondary N) is 1. The van der Waals surface area contributed by atoms with Gasteiger partial charge in [-0.25, -0.2) is 4.98 Å². The summed E-state index contributed by atoms with van der Waals surface area (Å²) in [7, 11) is 0. The van der Waals surface area contributed by atoms with E-state index in [1.165, 1.54) is 19.3 Å². The van der Waals surface area contributed by atoms with Gasteiger partial charge >= 0.3 is 0 Å². The molecule has 1 heterocycles. The second-order valence-electron chi connectivity index (χ2n) is 5.18. The number of anilines is 1. The smallest absolute Gasteiger partial charge is 0.243 e. The summed E-state index contributed by atoms with van der Waals surface area (Å²) in [4.78, 5) is 4.49. The molecule has 5 nitrogen and oxygen atoms in total. The van der Waals surface area contributed by atoms with Crippen molar-refractivity contribution in [1.82, 2.24) is 15.2 Å². The van der Waals surface area contributed by atoms with Crippen molar-refractivity contribution in [2.45, 2.75) is 44.2 Å². The van der Waals surface area contributed by atoms with Gasteiger partial charge in [0, 0.05) is 12.1 Å². The summed E-state index contributed by atoms with van der Waals surface area (Å²) in [6, 6.07) is 8.19. The zero-order chi connectivity index (χ0) is 13.1. The summed E-state index contributed by atoms with van der Waals surface area (Å²) in [5.74, 6) is 0.584. The van der Waals surface area contributed by atoms with Crippen LogP contribution in [0.5, 0.6) is 0 Å². The van der Waals surface area contributed by atoms with E-state index in [0.29, 0.717) is 5.95 Å². The molecule has 1 aliphatic rings. The highest BCUT2D eigenvalue weighted by molar-refractivity contribution is 5.74. The third-order valence-corrected chi connectivity index (χ3v) is 3.74. The number of aromatic nitrogens is 3. The van der Waals surface area contributed by atoms with Crippen molar-refractivity contribution in [2.24, 2.45) is 5.73 Å². The van der Waals surface area contributed by atoms with Crippen LogP contribution in [0.3, 0.4) is 0 Å². The fourth-order valence-corrected chi connectivity index (χ4v) is 2.62. The van der Waals surface area contributed by atoms with Crippen LogP contribution in [0.15, 0.2) is 24.3 Å². The van der Waals surface area contributed by atoms with E-state index in [1.807, 2.05) is 24.3 Å². The Kier molecular flexibility index (Phi) is 3.55. The van der Waals surface area contributed by atoms with Crippen LogP contribution in [0.25, 0.3) is 11.0 Å². The molecule has 19 heavy (non-hydrogen) atoms. The Hall–Kier alpha value is -1.75. The maximum atomic E-state index is 6.20. The first-order chi connectivity index (χ1) is 9.33. The van der Waals surface area contributed by atoms with Crippen LogP contribution in [-0.2, 0) is 0 Å². The van der Waals surface area contributed by atoms with Crippen molar-refractivity contribution in [2.75, 3.05) is 5.32 Å². The topological polar surface area (TPSA) is 76.7 Å². The SMILES string of the molecule is NC1CCCCCC1Nc1nnc2ccccc2n1. The van der Waals surface area contributed by atoms with Gasteiger partial charge in [-0.2, -0.15) is 0 Å². The summed E-state index contributed by atoms with van der Waals surface area (Å²) in [5, 5.41) is 11.7. The van der Waals surface area contributed by atoms with E-state index in [9.17, 15) is 0 Å². The number of fused-ring (bicyclic) bond motifs is 1. The van der Waals surface area contributed by atoms with Gasteiger partial charge in [0.05, 0.1) is 5.52 Å². The van der Waals surface area contributed by atoms with Crippen molar-refractivity contribution in [3.8, 4) is 0 Å². The Morgan fingerprint density at radius 3 is 2.68 bits per heavy atom. The van der Waals surface area contributed by atoms with E-state index >= 15 is 0 Å². The highest BCUT2D eigenvalue weighted by Gasteiger charge is 2.21. The maximum absolute atomic E-state index is 6.20. The average molecular weight is 257 g/mol. The monoisotopic (exact) mass is 257 g/mol. The molecule has 1 saturated carbocycles. The molecule has 3 rings (SSSR count). The minimum atomic E-state index is 0.178. The van der Waals surface area contributed by atoms with Crippen molar-refractivity contribution in [3.05, 3.63) is 24.3 Å². The van der Waals surface area contributed by atoms with E-state index in [-0.39, 0.29) is 12.1 Å². The third-order valence-electron chi connectivity index (χ3n) is 3.74. The number of nitrogens with two attached hydrogens (primary N) is 1. The molecule has 2 atom stereocenters. The molecule has 1 aliphatic carbocycles. The number of hydrogen-bond acceptors (Lipinski definition) is 5. The van der Waals surface area contributed by atoms with Gasteiger partial charge in [0.25, 0.3) is 0 Å². The van der Waals surface area contributed by atoms with Gasteiger partial charge in [-0.3, -0.25) is 0 Å². The molecule has 100 valence electrons. The van der Waals surface area contributed by atoms with Crippen molar-refractivity contribution in [1.29, 1.82) is 0 Å². The molecule has 2 unspecified atom stereocenters.